The number of nitrogens with one attached hydrogen (secondary N) is 1. The molecule has 0 fully saturated rings. The van der Waals surface area contributed by atoms with Gasteiger partial charge in [-0.3, -0.25) is 13.8 Å². The SMILES string of the molecule is CC/C=C\C/C=C\C/C=C\C/C=C\C/C=C\C/C=C\C/C=C\C/C=C\C/C=C\CCCCCC(=O)NC(COP(=O)(O)OCC[N+](C)(C)C)C(O)/C=C/CCCCCCCCCCCCCCCCCCCCC. The molecule has 0 aliphatic rings. The van der Waals surface area contributed by atoms with Gasteiger partial charge in [0, 0.05) is 6.42 Å². The third-order valence-electron chi connectivity index (χ3n) is 12.7. The molecule has 0 heterocycles. The quantitative estimate of drug-likeness (QED) is 0.0243. The monoisotopic (exact) mass is 1050 g/mol. The van der Waals surface area contributed by atoms with Crippen molar-refractivity contribution in [2.75, 3.05) is 40.9 Å². The van der Waals surface area contributed by atoms with Gasteiger partial charge in [-0.1, -0.05) is 257 Å². The number of likely N-dealkylation sites (N-methyl/N-ethyl adjacent to an activating group) is 1. The summed E-state index contributed by atoms with van der Waals surface area (Å²) in [6.45, 7) is 4.68. The third-order valence-corrected chi connectivity index (χ3v) is 13.7. The molecule has 0 aromatic rings. The summed E-state index contributed by atoms with van der Waals surface area (Å²) in [7, 11) is 1.53. The van der Waals surface area contributed by atoms with Gasteiger partial charge >= 0.3 is 7.82 Å². The van der Waals surface area contributed by atoms with E-state index in [2.05, 4.69) is 129 Å². The lowest BCUT2D eigenvalue weighted by Crippen LogP contribution is -2.45. The van der Waals surface area contributed by atoms with E-state index >= 15 is 0 Å². The van der Waals surface area contributed by atoms with E-state index in [-0.39, 0.29) is 19.1 Å². The van der Waals surface area contributed by atoms with E-state index in [9.17, 15) is 19.4 Å². The van der Waals surface area contributed by atoms with Crippen molar-refractivity contribution in [3.8, 4) is 0 Å². The number of aliphatic hydroxyl groups excluding tert-OH is 1. The Bertz CT molecular complexity index is 1620. The van der Waals surface area contributed by atoms with Gasteiger partial charge in [-0.15, -0.1) is 0 Å². The van der Waals surface area contributed by atoms with Crippen LogP contribution in [0.15, 0.2) is 122 Å². The van der Waals surface area contributed by atoms with Gasteiger partial charge in [0.1, 0.15) is 13.2 Å². The first-order valence-corrected chi connectivity index (χ1v) is 31.4. The van der Waals surface area contributed by atoms with E-state index in [4.69, 9.17) is 9.05 Å². The maximum Gasteiger partial charge on any atom is 0.472 e. The van der Waals surface area contributed by atoms with Crippen LogP contribution >= 0.6 is 7.82 Å². The highest BCUT2D eigenvalue weighted by Crippen LogP contribution is 2.43. The molecular weight excluding hydrogens is 936 g/mol. The number of hydrogen-bond acceptors (Lipinski definition) is 5. The van der Waals surface area contributed by atoms with Crippen molar-refractivity contribution >= 4 is 13.7 Å². The number of carbonyl (C=O) groups excluding carboxylic acids is 1. The highest BCUT2D eigenvalue weighted by atomic mass is 31.2. The summed E-state index contributed by atoms with van der Waals surface area (Å²) in [4.78, 5) is 23.3. The number of hydrogen-bond donors (Lipinski definition) is 3. The largest absolute Gasteiger partial charge is 0.472 e. The van der Waals surface area contributed by atoms with Crippen LogP contribution in [0, 0.1) is 0 Å². The maximum atomic E-state index is 13.0. The number of aliphatic hydroxyl groups is 1. The molecule has 3 atom stereocenters. The molecule has 3 unspecified atom stereocenters. The van der Waals surface area contributed by atoms with E-state index < -0.39 is 20.0 Å². The first-order valence-electron chi connectivity index (χ1n) is 29.9. The lowest BCUT2D eigenvalue weighted by molar-refractivity contribution is -0.870. The van der Waals surface area contributed by atoms with E-state index in [1.165, 1.54) is 109 Å². The number of nitrogens with zero attached hydrogens (tertiary/aromatic N) is 1. The fourth-order valence-corrected chi connectivity index (χ4v) is 8.77. The molecule has 0 rings (SSSR count). The molecule has 0 aliphatic carbocycles. The van der Waals surface area contributed by atoms with Gasteiger partial charge in [0.2, 0.25) is 5.91 Å². The Morgan fingerprint density at radius 2 is 0.811 bits per heavy atom. The minimum atomic E-state index is -4.37. The number of quaternary nitrogens is 1. The van der Waals surface area contributed by atoms with Crippen molar-refractivity contribution in [2.45, 2.75) is 244 Å². The van der Waals surface area contributed by atoms with Crippen molar-refractivity contribution in [3.05, 3.63) is 122 Å². The van der Waals surface area contributed by atoms with Crippen molar-refractivity contribution < 1.29 is 32.9 Å². The Morgan fingerprint density at radius 1 is 0.473 bits per heavy atom. The summed E-state index contributed by atoms with van der Waals surface area (Å²) < 4.78 is 23.7. The molecule has 0 bridgehead atoms. The van der Waals surface area contributed by atoms with Crippen LogP contribution in [-0.4, -0.2) is 73.4 Å². The van der Waals surface area contributed by atoms with E-state index in [0.717, 1.165) is 103 Å². The van der Waals surface area contributed by atoms with Crippen LogP contribution in [0.1, 0.15) is 232 Å². The van der Waals surface area contributed by atoms with Gasteiger partial charge in [0.15, 0.2) is 0 Å². The molecule has 1 amide bonds. The Hall–Kier alpha value is -3.10. The average molecular weight is 1050 g/mol. The zero-order valence-corrected chi connectivity index (χ0v) is 49.2. The van der Waals surface area contributed by atoms with Crippen LogP contribution in [0.2, 0.25) is 0 Å². The van der Waals surface area contributed by atoms with Gasteiger partial charge in [0.25, 0.3) is 0 Å². The third kappa shape index (κ3) is 56.6. The Morgan fingerprint density at radius 3 is 1.19 bits per heavy atom. The van der Waals surface area contributed by atoms with E-state index in [1.807, 2.05) is 27.2 Å². The normalized spacial score (nSPS) is 14.7. The van der Waals surface area contributed by atoms with Crippen LogP contribution in [0.5, 0.6) is 0 Å². The number of amides is 1. The summed E-state index contributed by atoms with van der Waals surface area (Å²) in [5.41, 5.74) is 0. The van der Waals surface area contributed by atoms with Gasteiger partial charge in [0.05, 0.1) is 39.9 Å². The number of unbranched alkanes of at least 4 members (excludes halogenated alkanes) is 22. The Kier molecular flexibility index (Phi) is 52.4. The van der Waals surface area contributed by atoms with Gasteiger partial charge < -0.3 is 19.8 Å². The van der Waals surface area contributed by atoms with E-state index in [1.54, 1.807) is 6.08 Å². The fourth-order valence-electron chi connectivity index (χ4n) is 8.03. The molecule has 424 valence electrons. The number of rotatable bonds is 53. The summed E-state index contributed by atoms with van der Waals surface area (Å²) >= 11 is 0. The van der Waals surface area contributed by atoms with Gasteiger partial charge in [-0.05, 0) is 89.9 Å². The number of allylic oxidation sites excluding steroid dienone is 19. The van der Waals surface area contributed by atoms with Gasteiger partial charge in [-0.2, -0.15) is 0 Å². The van der Waals surface area contributed by atoms with Crippen molar-refractivity contribution in [1.82, 2.24) is 5.32 Å². The molecule has 0 radical (unpaired) electrons. The number of carbonyl (C=O) groups is 1. The molecule has 0 saturated carbocycles. The first kappa shape index (κ1) is 70.9. The van der Waals surface area contributed by atoms with Crippen molar-refractivity contribution in [1.29, 1.82) is 0 Å². The molecule has 8 nitrogen and oxygen atoms in total. The van der Waals surface area contributed by atoms with Crippen molar-refractivity contribution in [3.63, 3.8) is 0 Å². The zero-order chi connectivity index (χ0) is 54.2. The lowest BCUT2D eigenvalue weighted by Gasteiger charge is -2.25. The molecule has 0 aliphatic heterocycles. The molecule has 0 saturated heterocycles. The average Bonchev–Trinajstić information content (AvgIpc) is 3.36. The predicted octanol–water partition coefficient (Wildman–Crippen LogP) is 18.5. The first-order chi connectivity index (χ1) is 36.0. The van der Waals surface area contributed by atoms with Gasteiger partial charge in [-0.25, -0.2) is 4.57 Å². The topological polar surface area (TPSA) is 105 Å². The maximum absolute atomic E-state index is 13.0. The molecule has 9 heteroatoms. The second-order valence-electron chi connectivity index (χ2n) is 21.0. The number of phosphoric acid groups is 1. The molecule has 0 aromatic heterocycles. The predicted molar refractivity (Wildman–Crippen MR) is 322 cm³/mol. The highest BCUT2D eigenvalue weighted by Gasteiger charge is 2.27. The Labute approximate surface area is 456 Å². The standard InChI is InChI=1S/C65H113N2O6P/c1-6-8-10-12-14-16-18-20-22-24-26-28-29-30-31-32-33-34-35-36-37-39-41-43-45-47-49-51-53-55-57-59-65(69)66-63(62-73-74(70,71)72-61-60-67(3,4)5)64(68)58-56-54-52-50-48-46-44-42-40-38-27-25-23-21-19-17-15-13-11-9-7-2/h8,10,14,16,20,22,26,28,30-31,33-34,36-37,41,43,47,49,56,58,63-64,68H,6-7,9,11-13,15,17-19,21,23-25,27,29,32,35,38-40,42,44-46,48,50-55,57,59-62H2,1-5H3,(H-,66,69,70,71)/p+1/b10-8-,16-14-,22-20-,28-26-,31-30-,34-33-,37-36-,43-41-,49-47-,58-56+. The molecule has 3 N–H and O–H groups in total. The molecule has 0 spiro atoms. The lowest BCUT2D eigenvalue weighted by atomic mass is 10.0. The minimum absolute atomic E-state index is 0.0481. The minimum Gasteiger partial charge on any atom is -0.387 e. The molecule has 0 aromatic carbocycles. The van der Waals surface area contributed by atoms with Crippen molar-refractivity contribution in [2.24, 2.45) is 0 Å². The molecular formula is C65H114N2O6P+. The second-order valence-corrected chi connectivity index (χ2v) is 22.4. The molecule has 74 heavy (non-hydrogen) atoms. The number of phosphoric ester groups is 1. The van der Waals surface area contributed by atoms with Crippen LogP contribution < -0.4 is 5.32 Å². The smallest absolute Gasteiger partial charge is 0.387 e. The summed E-state index contributed by atoms with van der Waals surface area (Å²) in [5.74, 6) is -0.212. The highest BCUT2D eigenvalue weighted by molar-refractivity contribution is 7.47. The fraction of sp³-hybridized carbons (Fsp3) is 0.677. The second kappa shape index (κ2) is 54.7. The summed E-state index contributed by atoms with van der Waals surface area (Å²) in [5, 5.41) is 13.9. The van der Waals surface area contributed by atoms with Crippen LogP contribution in [-0.2, 0) is 18.4 Å². The zero-order valence-electron chi connectivity index (χ0n) is 48.3. The van der Waals surface area contributed by atoms with E-state index in [0.29, 0.717) is 17.4 Å². The summed E-state index contributed by atoms with van der Waals surface area (Å²) in [6.07, 6.45) is 81.6. The summed E-state index contributed by atoms with van der Waals surface area (Å²) in [6, 6.07) is -0.875. The van der Waals surface area contributed by atoms with Crippen LogP contribution in [0.3, 0.4) is 0 Å². The van der Waals surface area contributed by atoms with Crippen LogP contribution in [0.4, 0.5) is 0 Å². The Balaban J connectivity index is 4.32. The van der Waals surface area contributed by atoms with Crippen LogP contribution in [0.25, 0.3) is 0 Å².